The van der Waals surface area contributed by atoms with Gasteiger partial charge in [-0.2, -0.15) is 0 Å². The third-order valence-corrected chi connectivity index (χ3v) is 6.84. The SMILES string of the molecule is Cc1ccc(-c2csc(NC(=O)CSc3nnc(C(C)Oc4ccccc4F)n3C(C)C)n2)cc1. The number of thiazole rings is 1. The number of carbonyl (C=O) groups is 1. The minimum Gasteiger partial charge on any atom is -0.480 e. The molecule has 35 heavy (non-hydrogen) atoms. The Morgan fingerprint density at radius 2 is 1.89 bits per heavy atom. The van der Waals surface area contributed by atoms with Gasteiger partial charge in [0.1, 0.15) is 0 Å². The van der Waals surface area contributed by atoms with Crippen LogP contribution in [-0.4, -0.2) is 31.4 Å². The number of halogens is 1. The van der Waals surface area contributed by atoms with E-state index in [4.69, 9.17) is 4.74 Å². The van der Waals surface area contributed by atoms with Crippen LogP contribution in [0.25, 0.3) is 11.3 Å². The van der Waals surface area contributed by atoms with Gasteiger partial charge < -0.3 is 14.6 Å². The first-order valence-corrected chi connectivity index (χ1v) is 13.0. The van der Waals surface area contributed by atoms with Gasteiger partial charge in [-0.1, -0.05) is 53.7 Å². The summed E-state index contributed by atoms with van der Waals surface area (Å²) in [4.78, 5) is 17.1. The molecule has 0 saturated carbocycles. The second-order valence-corrected chi connectivity index (χ2v) is 10.0. The highest BCUT2D eigenvalue weighted by Gasteiger charge is 2.23. The fourth-order valence-electron chi connectivity index (χ4n) is 3.41. The molecule has 0 aliphatic heterocycles. The van der Waals surface area contributed by atoms with Gasteiger partial charge in [0.25, 0.3) is 0 Å². The molecule has 1 atom stereocenters. The van der Waals surface area contributed by atoms with Gasteiger partial charge in [-0.25, -0.2) is 9.37 Å². The molecule has 2 aromatic heterocycles. The summed E-state index contributed by atoms with van der Waals surface area (Å²) in [7, 11) is 0. The van der Waals surface area contributed by atoms with E-state index in [9.17, 15) is 9.18 Å². The van der Waals surface area contributed by atoms with E-state index in [2.05, 4.69) is 20.5 Å². The Morgan fingerprint density at radius 1 is 1.14 bits per heavy atom. The Kier molecular flexibility index (Phi) is 7.82. The third kappa shape index (κ3) is 6.07. The number of nitrogens with one attached hydrogen (secondary N) is 1. The smallest absolute Gasteiger partial charge is 0.236 e. The van der Waals surface area contributed by atoms with Gasteiger partial charge >= 0.3 is 0 Å². The number of nitrogens with zero attached hydrogens (tertiary/aromatic N) is 4. The summed E-state index contributed by atoms with van der Waals surface area (Å²) < 4.78 is 21.7. The minimum absolute atomic E-state index is 0.0215. The van der Waals surface area contributed by atoms with E-state index in [0.29, 0.717) is 16.1 Å². The topological polar surface area (TPSA) is 81.9 Å². The average molecular weight is 512 g/mol. The van der Waals surface area contributed by atoms with Gasteiger partial charge in [-0.3, -0.25) is 4.79 Å². The maximum absolute atomic E-state index is 14.0. The maximum atomic E-state index is 14.0. The Bertz CT molecular complexity index is 1300. The predicted octanol–water partition coefficient (Wildman–Crippen LogP) is 6.30. The molecule has 4 rings (SSSR count). The van der Waals surface area contributed by atoms with Crippen molar-refractivity contribution in [3.63, 3.8) is 0 Å². The van der Waals surface area contributed by atoms with Crippen LogP contribution >= 0.6 is 23.1 Å². The number of ether oxygens (including phenoxy) is 1. The molecule has 1 unspecified atom stereocenters. The van der Waals surface area contributed by atoms with E-state index in [1.165, 1.54) is 34.7 Å². The standard InChI is InChI=1S/C25H26FN5O2S2/c1-15(2)31-23(17(4)33-21-8-6-5-7-19(21)26)29-30-25(31)35-14-22(32)28-24-27-20(13-34-24)18-11-9-16(3)10-12-18/h5-13,15,17H,14H2,1-4H3,(H,27,28,32). The molecule has 0 aliphatic rings. The molecule has 0 bridgehead atoms. The van der Waals surface area contributed by atoms with Crippen molar-refractivity contribution in [3.8, 4) is 17.0 Å². The quantitative estimate of drug-likeness (QED) is 0.266. The first-order chi connectivity index (χ1) is 16.8. The third-order valence-electron chi connectivity index (χ3n) is 5.14. The number of hydrogen-bond acceptors (Lipinski definition) is 7. The van der Waals surface area contributed by atoms with Crippen molar-refractivity contribution in [3.05, 3.63) is 71.1 Å². The van der Waals surface area contributed by atoms with E-state index in [0.717, 1.165) is 11.3 Å². The van der Waals surface area contributed by atoms with Crippen LogP contribution in [0.2, 0.25) is 0 Å². The van der Waals surface area contributed by atoms with Gasteiger partial charge in [0.15, 0.2) is 33.8 Å². The maximum Gasteiger partial charge on any atom is 0.236 e. The molecule has 1 amide bonds. The number of hydrogen-bond donors (Lipinski definition) is 1. The van der Waals surface area contributed by atoms with Crippen LogP contribution in [-0.2, 0) is 4.79 Å². The Hall–Kier alpha value is -3.24. The molecule has 4 aromatic rings. The average Bonchev–Trinajstić information content (AvgIpc) is 3.47. The van der Waals surface area contributed by atoms with Crippen molar-refractivity contribution in [2.45, 2.75) is 45.0 Å². The molecular formula is C25H26FN5O2S2. The number of aryl methyl sites for hydroxylation is 1. The van der Waals surface area contributed by atoms with Gasteiger partial charge in [0.05, 0.1) is 11.4 Å². The number of aromatic nitrogens is 4. The first kappa shape index (κ1) is 24.9. The molecular weight excluding hydrogens is 485 g/mol. The summed E-state index contributed by atoms with van der Waals surface area (Å²) in [6.07, 6.45) is -0.527. The predicted molar refractivity (Wildman–Crippen MR) is 137 cm³/mol. The van der Waals surface area contributed by atoms with Gasteiger partial charge in [-0.15, -0.1) is 21.5 Å². The molecule has 182 valence electrons. The Balaban J connectivity index is 1.39. The number of thioether (sulfide) groups is 1. The number of rotatable bonds is 9. The molecule has 0 fully saturated rings. The van der Waals surface area contributed by atoms with Crippen LogP contribution in [0.15, 0.2) is 59.1 Å². The molecule has 0 radical (unpaired) electrons. The zero-order valence-corrected chi connectivity index (χ0v) is 21.5. The zero-order valence-electron chi connectivity index (χ0n) is 19.9. The van der Waals surface area contributed by atoms with E-state index >= 15 is 0 Å². The number of anilines is 1. The molecule has 1 N–H and O–H groups in total. The summed E-state index contributed by atoms with van der Waals surface area (Å²) in [6, 6.07) is 14.4. The highest BCUT2D eigenvalue weighted by atomic mass is 32.2. The van der Waals surface area contributed by atoms with Crippen molar-refractivity contribution < 1.29 is 13.9 Å². The summed E-state index contributed by atoms with van der Waals surface area (Å²) >= 11 is 2.66. The lowest BCUT2D eigenvalue weighted by Crippen LogP contribution is -2.16. The van der Waals surface area contributed by atoms with Crippen molar-refractivity contribution in [1.29, 1.82) is 0 Å². The van der Waals surface area contributed by atoms with Crippen LogP contribution in [0, 0.1) is 12.7 Å². The summed E-state index contributed by atoms with van der Waals surface area (Å²) in [5.74, 6) is 0.241. The van der Waals surface area contributed by atoms with Crippen LogP contribution in [0.5, 0.6) is 5.75 Å². The molecule has 7 nitrogen and oxygen atoms in total. The van der Waals surface area contributed by atoms with E-state index < -0.39 is 11.9 Å². The molecule has 0 saturated heterocycles. The summed E-state index contributed by atoms with van der Waals surface area (Å²) in [5.41, 5.74) is 3.01. The lowest BCUT2D eigenvalue weighted by atomic mass is 10.1. The van der Waals surface area contributed by atoms with Gasteiger partial charge in [0.2, 0.25) is 5.91 Å². The normalized spacial score (nSPS) is 12.1. The Morgan fingerprint density at radius 3 is 2.60 bits per heavy atom. The van der Waals surface area contributed by atoms with Crippen LogP contribution in [0.3, 0.4) is 0 Å². The molecule has 0 aliphatic carbocycles. The van der Waals surface area contributed by atoms with Crippen molar-refractivity contribution in [2.24, 2.45) is 0 Å². The van der Waals surface area contributed by atoms with Crippen LogP contribution in [0.1, 0.15) is 44.3 Å². The van der Waals surface area contributed by atoms with E-state index in [1.54, 1.807) is 25.1 Å². The van der Waals surface area contributed by atoms with Crippen LogP contribution in [0.4, 0.5) is 9.52 Å². The van der Waals surface area contributed by atoms with Crippen molar-refractivity contribution in [2.75, 3.05) is 11.1 Å². The van der Waals surface area contributed by atoms with Crippen molar-refractivity contribution in [1.82, 2.24) is 19.7 Å². The zero-order chi connectivity index (χ0) is 24.9. The number of carbonyl (C=O) groups excluding carboxylic acids is 1. The van der Waals surface area contributed by atoms with Crippen molar-refractivity contribution >= 4 is 34.1 Å². The second kappa shape index (κ2) is 11.0. The molecule has 2 heterocycles. The monoisotopic (exact) mass is 511 g/mol. The lowest BCUT2D eigenvalue weighted by Gasteiger charge is -2.19. The second-order valence-electron chi connectivity index (χ2n) is 8.24. The number of benzene rings is 2. The highest BCUT2D eigenvalue weighted by Crippen LogP contribution is 2.29. The first-order valence-electron chi connectivity index (χ1n) is 11.1. The lowest BCUT2D eigenvalue weighted by molar-refractivity contribution is -0.113. The Labute approximate surface area is 211 Å². The summed E-state index contributed by atoms with van der Waals surface area (Å²) in [6.45, 7) is 7.82. The largest absolute Gasteiger partial charge is 0.480 e. The molecule has 0 spiro atoms. The van der Waals surface area contributed by atoms with Gasteiger partial charge in [0, 0.05) is 17.0 Å². The molecule has 10 heteroatoms. The van der Waals surface area contributed by atoms with Crippen LogP contribution < -0.4 is 10.1 Å². The van der Waals surface area contributed by atoms with E-state index in [1.807, 2.05) is 55.0 Å². The highest BCUT2D eigenvalue weighted by molar-refractivity contribution is 7.99. The fourth-order valence-corrected chi connectivity index (χ4v) is 5.02. The fraction of sp³-hybridized carbons (Fsp3) is 0.280. The number of amides is 1. The molecule has 2 aromatic carbocycles. The number of para-hydroxylation sites is 1. The summed E-state index contributed by atoms with van der Waals surface area (Å²) in [5, 5.41) is 14.4. The van der Waals surface area contributed by atoms with Gasteiger partial charge in [-0.05, 0) is 39.8 Å². The van der Waals surface area contributed by atoms with E-state index in [-0.39, 0.29) is 23.5 Å². The minimum atomic E-state index is -0.527.